The predicted molar refractivity (Wildman–Crippen MR) is 82.5 cm³/mol. The van der Waals surface area contributed by atoms with Crippen molar-refractivity contribution in [3.63, 3.8) is 0 Å². The Morgan fingerprint density at radius 3 is 2.42 bits per heavy atom. The molecule has 0 unspecified atom stereocenters. The van der Waals surface area contributed by atoms with Crippen molar-refractivity contribution in [2.45, 2.75) is 19.0 Å². The fraction of sp³-hybridized carbons (Fsp3) is 0.500. The van der Waals surface area contributed by atoms with Crippen LogP contribution in [0.2, 0.25) is 0 Å². The van der Waals surface area contributed by atoms with Gasteiger partial charge in [0.05, 0.1) is 6.54 Å². The Hall–Kier alpha value is -2.09. The molecule has 1 atom stereocenters. The molecule has 0 spiro atoms. The van der Waals surface area contributed by atoms with Crippen LogP contribution in [0.3, 0.4) is 0 Å². The van der Waals surface area contributed by atoms with Crippen molar-refractivity contribution in [3.05, 3.63) is 35.4 Å². The summed E-state index contributed by atoms with van der Waals surface area (Å²) in [7, 11) is 0. The van der Waals surface area contributed by atoms with Crippen LogP contribution in [0.5, 0.6) is 0 Å². The van der Waals surface area contributed by atoms with Crippen LogP contribution in [0.4, 0.5) is 13.2 Å². The van der Waals surface area contributed by atoms with E-state index in [9.17, 15) is 22.8 Å². The first kappa shape index (κ1) is 18.3. The molecule has 1 heterocycles. The summed E-state index contributed by atoms with van der Waals surface area (Å²) < 4.78 is 37.3. The van der Waals surface area contributed by atoms with Gasteiger partial charge in [0.25, 0.3) is 5.91 Å². The van der Waals surface area contributed by atoms with E-state index >= 15 is 0 Å². The number of nitrogens with two attached hydrogens (primary N) is 1. The molecule has 1 aliphatic rings. The lowest BCUT2D eigenvalue weighted by Gasteiger charge is -2.33. The van der Waals surface area contributed by atoms with Crippen LogP contribution in [0.1, 0.15) is 33.6 Å². The molecule has 132 valence electrons. The number of carbonyl (C=O) groups is 2. The average molecular weight is 343 g/mol. The van der Waals surface area contributed by atoms with Gasteiger partial charge in [0.15, 0.2) is 0 Å². The quantitative estimate of drug-likeness (QED) is 0.856. The van der Waals surface area contributed by atoms with Gasteiger partial charge in [0.1, 0.15) is 0 Å². The average Bonchev–Trinajstić information content (AvgIpc) is 2.51. The fourth-order valence-corrected chi connectivity index (χ4v) is 2.84. The number of halogens is 3. The lowest BCUT2D eigenvalue weighted by Crippen LogP contribution is -2.44. The van der Waals surface area contributed by atoms with E-state index in [4.69, 9.17) is 5.73 Å². The largest absolute Gasteiger partial charge is 0.401 e. The van der Waals surface area contributed by atoms with Gasteiger partial charge in [-0.25, -0.2) is 0 Å². The van der Waals surface area contributed by atoms with E-state index in [-0.39, 0.29) is 11.8 Å². The maximum Gasteiger partial charge on any atom is 0.401 e. The first-order valence-corrected chi connectivity index (χ1v) is 7.72. The topological polar surface area (TPSA) is 75.4 Å². The summed E-state index contributed by atoms with van der Waals surface area (Å²) in [6.07, 6.45) is -2.73. The van der Waals surface area contributed by atoms with Gasteiger partial charge in [-0.1, -0.05) is 0 Å². The van der Waals surface area contributed by atoms with E-state index in [1.807, 2.05) is 0 Å². The zero-order valence-electron chi connectivity index (χ0n) is 13.1. The third kappa shape index (κ3) is 5.52. The van der Waals surface area contributed by atoms with Gasteiger partial charge in [-0.2, -0.15) is 13.2 Å². The van der Waals surface area contributed by atoms with Crippen LogP contribution in [0.15, 0.2) is 24.3 Å². The van der Waals surface area contributed by atoms with E-state index < -0.39 is 18.6 Å². The summed E-state index contributed by atoms with van der Waals surface area (Å²) in [5.41, 5.74) is 5.81. The second kappa shape index (κ2) is 7.65. The van der Waals surface area contributed by atoms with Gasteiger partial charge in [0.2, 0.25) is 5.91 Å². The Kier molecular flexibility index (Phi) is 5.82. The highest BCUT2D eigenvalue weighted by Gasteiger charge is 2.33. The molecule has 2 amide bonds. The van der Waals surface area contributed by atoms with Crippen LogP contribution in [0, 0.1) is 5.92 Å². The van der Waals surface area contributed by atoms with Crippen LogP contribution in [0.25, 0.3) is 0 Å². The monoisotopic (exact) mass is 343 g/mol. The number of hydrogen-bond acceptors (Lipinski definition) is 3. The van der Waals surface area contributed by atoms with Crippen LogP contribution < -0.4 is 11.1 Å². The summed E-state index contributed by atoms with van der Waals surface area (Å²) >= 11 is 0. The van der Waals surface area contributed by atoms with E-state index in [1.54, 1.807) is 0 Å². The van der Waals surface area contributed by atoms with E-state index in [0.717, 1.165) is 6.42 Å². The Labute approximate surface area is 138 Å². The zero-order valence-corrected chi connectivity index (χ0v) is 13.1. The Morgan fingerprint density at radius 1 is 1.21 bits per heavy atom. The predicted octanol–water partition coefficient (Wildman–Crippen LogP) is 1.79. The molecule has 0 aliphatic carbocycles. The molecule has 1 aliphatic heterocycles. The number of benzene rings is 1. The minimum absolute atomic E-state index is 0.00468. The number of rotatable bonds is 5. The number of piperidine rings is 1. The second-order valence-corrected chi connectivity index (χ2v) is 6.01. The summed E-state index contributed by atoms with van der Waals surface area (Å²) in [4.78, 5) is 24.4. The molecule has 24 heavy (non-hydrogen) atoms. The fourth-order valence-electron chi connectivity index (χ4n) is 2.84. The number of amides is 2. The summed E-state index contributed by atoms with van der Waals surface area (Å²) in [6, 6.07) is 5.91. The van der Waals surface area contributed by atoms with Crippen molar-refractivity contribution in [1.82, 2.24) is 10.2 Å². The molecule has 1 aromatic carbocycles. The van der Waals surface area contributed by atoms with E-state index in [1.165, 1.54) is 29.2 Å². The molecular formula is C16H20F3N3O2. The number of likely N-dealkylation sites (tertiary alicyclic amines) is 1. The number of hydrogen-bond donors (Lipinski definition) is 2. The molecular weight excluding hydrogens is 323 g/mol. The number of alkyl halides is 3. The van der Waals surface area contributed by atoms with Crippen LogP contribution in [-0.2, 0) is 0 Å². The third-order valence-corrected chi connectivity index (χ3v) is 3.99. The summed E-state index contributed by atoms with van der Waals surface area (Å²) in [5, 5.41) is 2.74. The Morgan fingerprint density at radius 2 is 1.83 bits per heavy atom. The van der Waals surface area contributed by atoms with Crippen molar-refractivity contribution in [2.24, 2.45) is 11.7 Å². The highest BCUT2D eigenvalue weighted by molar-refractivity contribution is 5.97. The summed E-state index contributed by atoms with van der Waals surface area (Å²) in [5.74, 6) is -0.900. The van der Waals surface area contributed by atoms with Crippen molar-refractivity contribution < 1.29 is 22.8 Å². The lowest BCUT2D eigenvalue weighted by molar-refractivity contribution is -0.149. The minimum Gasteiger partial charge on any atom is -0.366 e. The number of primary amides is 1. The number of nitrogens with one attached hydrogen (secondary N) is 1. The zero-order chi connectivity index (χ0) is 17.7. The molecule has 0 aromatic heterocycles. The van der Waals surface area contributed by atoms with Crippen molar-refractivity contribution in [1.29, 1.82) is 0 Å². The SMILES string of the molecule is NC(=O)c1ccc(C(=O)NC[C@H]2CCCN(CC(F)(F)F)C2)cc1. The molecule has 1 aromatic rings. The highest BCUT2D eigenvalue weighted by atomic mass is 19.4. The van der Waals surface area contributed by atoms with Gasteiger partial charge in [0, 0.05) is 24.2 Å². The second-order valence-electron chi connectivity index (χ2n) is 6.01. The first-order chi connectivity index (χ1) is 11.2. The maximum atomic E-state index is 12.4. The lowest BCUT2D eigenvalue weighted by atomic mass is 9.98. The molecule has 0 radical (unpaired) electrons. The van der Waals surface area contributed by atoms with E-state index in [2.05, 4.69) is 5.32 Å². The van der Waals surface area contributed by atoms with Gasteiger partial charge >= 0.3 is 6.18 Å². The van der Waals surface area contributed by atoms with Gasteiger partial charge in [-0.15, -0.1) is 0 Å². The van der Waals surface area contributed by atoms with Crippen LogP contribution >= 0.6 is 0 Å². The number of nitrogens with zero attached hydrogens (tertiary/aromatic N) is 1. The molecule has 1 fully saturated rings. The highest BCUT2D eigenvalue weighted by Crippen LogP contribution is 2.22. The molecule has 8 heteroatoms. The maximum absolute atomic E-state index is 12.4. The van der Waals surface area contributed by atoms with E-state index in [0.29, 0.717) is 37.2 Å². The van der Waals surface area contributed by atoms with Gasteiger partial charge in [-0.3, -0.25) is 14.5 Å². The molecule has 0 bridgehead atoms. The smallest absolute Gasteiger partial charge is 0.366 e. The first-order valence-electron chi connectivity index (χ1n) is 7.72. The van der Waals surface area contributed by atoms with Crippen LogP contribution in [-0.4, -0.2) is 49.1 Å². The molecule has 0 saturated carbocycles. The Bertz CT molecular complexity index is 587. The molecule has 1 saturated heterocycles. The van der Waals surface area contributed by atoms with Gasteiger partial charge in [-0.05, 0) is 49.6 Å². The third-order valence-electron chi connectivity index (χ3n) is 3.99. The van der Waals surface area contributed by atoms with Crippen molar-refractivity contribution in [3.8, 4) is 0 Å². The van der Waals surface area contributed by atoms with Gasteiger partial charge < -0.3 is 11.1 Å². The standard InChI is InChI=1S/C16H20F3N3O2/c17-16(18,19)10-22-7-1-2-11(9-22)8-21-15(24)13-5-3-12(4-6-13)14(20)23/h3-6,11H,1-2,7-10H2,(H2,20,23)(H,21,24)/t11-/m1/s1. The van der Waals surface area contributed by atoms with Crippen molar-refractivity contribution in [2.75, 3.05) is 26.2 Å². The molecule has 2 rings (SSSR count). The minimum atomic E-state index is -4.20. The summed E-state index contributed by atoms with van der Waals surface area (Å²) in [6.45, 7) is 0.162. The number of carbonyl (C=O) groups excluding carboxylic acids is 2. The van der Waals surface area contributed by atoms with Crippen molar-refractivity contribution >= 4 is 11.8 Å². The normalized spacial score (nSPS) is 19.0. The molecule has 5 nitrogen and oxygen atoms in total. The molecule has 3 N–H and O–H groups in total. The Balaban J connectivity index is 1.83.